The van der Waals surface area contributed by atoms with E-state index in [0.29, 0.717) is 10.2 Å². The second kappa shape index (κ2) is 4.81. The Morgan fingerprint density at radius 2 is 2.16 bits per heavy atom. The molecule has 8 heteroatoms. The Hall–Kier alpha value is -2.22. The zero-order valence-corrected chi connectivity index (χ0v) is 11.2. The zero-order valence-electron chi connectivity index (χ0n) is 10.4. The van der Waals surface area contributed by atoms with Crippen molar-refractivity contribution in [3.8, 4) is 0 Å². The third kappa shape index (κ3) is 2.48. The first kappa shape index (κ1) is 13.2. The molecule has 0 aliphatic carbocycles. The van der Waals surface area contributed by atoms with Crippen molar-refractivity contribution in [3.63, 3.8) is 0 Å². The molecule has 7 nitrogen and oxygen atoms in total. The molecule has 3 amide bonds. The number of fused-ring (bicyclic) bond motifs is 1. The number of primary amides is 1. The summed E-state index contributed by atoms with van der Waals surface area (Å²) >= 11 is 1.43. The fourth-order valence-electron chi connectivity index (χ4n) is 1.71. The molecule has 2 aromatic heterocycles. The Kier molecular flexibility index (Phi) is 3.34. The van der Waals surface area contributed by atoms with Crippen LogP contribution < -0.4 is 16.6 Å². The molecule has 0 saturated heterocycles. The number of hydrogen-bond acceptors (Lipinski definition) is 5. The first-order chi connectivity index (χ1) is 8.90. The molecule has 0 unspecified atom stereocenters. The van der Waals surface area contributed by atoms with Gasteiger partial charge in [0.15, 0.2) is 0 Å². The van der Waals surface area contributed by atoms with Gasteiger partial charge in [-0.25, -0.2) is 9.78 Å². The molecule has 0 spiro atoms. The highest BCUT2D eigenvalue weighted by atomic mass is 32.1. The zero-order chi connectivity index (χ0) is 14.2. The van der Waals surface area contributed by atoms with Crippen molar-refractivity contribution in [1.82, 2.24) is 14.9 Å². The van der Waals surface area contributed by atoms with Gasteiger partial charge in [-0.2, -0.15) is 0 Å². The lowest BCUT2D eigenvalue weighted by molar-refractivity contribution is -0.120. The van der Waals surface area contributed by atoms with Gasteiger partial charge in [0.2, 0.25) is 5.91 Å². The van der Waals surface area contributed by atoms with E-state index in [0.717, 1.165) is 15.0 Å². The number of urea groups is 1. The van der Waals surface area contributed by atoms with Crippen LogP contribution >= 0.6 is 11.3 Å². The van der Waals surface area contributed by atoms with Crippen molar-refractivity contribution < 1.29 is 9.59 Å². The molecule has 0 radical (unpaired) electrons. The van der Waals surface area contributed by atoms with Crippen LogP contribution in [-0.2, 0) is 11.3 Å². The van der Waals surface area contributed by atoms with Crippen LogP contribution in [0.4, 0.5) is 4.79 Å². The van der Waals surface area contributed by atoms with Gasteiger partial charge in [0, 0.05) is 4.88 Å². The number of nitrogens with two attached hydrogens (primary N) is 1. The Bertz CT molecular complexity index is 731. The summed E-state index contributed by atoms with van der Waals surface area (Å²) < 4.78 is 1.15. The first-order valence-corrected chi connectivity index (χ1v) is 6.26. The summed E-state index contributed by atoms with van der Waals surface area (Å²) in [6.45, 7) is 3.45. The molecule has 2 rings (SSSR count). The maximum atomic E-state index is 12.2. The lowest BCUT2D eigenvalue weighted by Crippen LogP contribution is -2.39. The largest absolute Gasteiger partial charge is 0.351 e. The highest BCUT2D eigenvalue weighted by Crippen LogP contribution is 2.25. The van der Waals surface area contributed by atoms with Gasteiger partial charge >= 0.3 is 6.03 Å². The van der Waals surface area contributed by atoms with Gasteiger partial charge < -0.3 is 5.73 Å². The van der Waals surface area contributed by atoms with E-state index in [2.05, 4.69) is 4.98 Å². The van der Waals surface area contributed by atoms with Crippen LogP contribution in [0.3, 0.4) is 0 Å². The van der Waals surface area contributed by atoms with Crippen LogP contribution in [0.15, 0.2) is 11.1 Å². The van der Waals surface area contributed by atoms with E-state index in [-0.39, 0.29) is 12.1 Å². The van der Waals surface area contributed by atoms with Gasteiger partial charge in [-0.3, -0.25) is 19.5 Å². The van der Waals surface area contributed by atoms with Crippen LogP contribution in [0, 0.1) is 13.8 Å². The fraction of sp³-hybridized carbons (Fsp3) is 0.273. The van der Waals surface area contributed by atoms with Gasteiger partial charge in [-0.05, 0) is 19.4 Å². The lowest BCUT2D eigenvalue weighted by atomic mass is 10.2. The van der Waals surface area contributed by atoms with E-state index in [1.54, 1.807) is 0 Å². The molecule has 0 saturated carbocycles. The summed E-state index contributed by atoms with van der Waals surface area (Å²) in [7, 11) is 0. The molecule has 2 aromatic rings. The Balaban J connectivity index is 2.43. The van der Waals surface area contributed by atoms with Crippen LogP contribution in [-0.4, -0.2) is 21.5 Å². The number of aryl methyl sites for hydroxylation is 2. The molecule has 0 aromatic carbocycles. The number of imide groups is 1. The fourth-order valence-corrected chi connectivity index (χ4v) is 2.70. The number of amides is 3. The van der Waals surface area contributed by atoms with E-state index in [1.807, 2.05) is 19.2 Å². The average molecular weight is 280 g/mol. The maximum Gasteiger partial charge on any atom is 0.318 e. The molecule has 19 heavy (non-hydrogen) atoms. The predicted octanol–water partition coefficient (Wildman–Crippen LogP) is 0.270. The smallest absolute Gasteiger partial charge is 0.318 e. The summed E-state index contributed by atoms with van der Waals surface area (Å²) in [4.78, 5) is 40.0. The predicted molar refractivity (Wildman–Crippen MR) is 71.1 cm³/mol. The third-order valence-corrected chi connectivity index (χ3v) is 3.85. The molecule has 2 heterocycles. The minimum Gasteiger partial charge on any atom is -0.351 e. The minimum atomic E-state index is -0.949. The van der Waals surface area contributed by atoms with E-state index in [9.17, 15) is 14.4 Å². The molecule has 0 atom stereocenters. The monoisotopic (exact) mass is 280 g/mol. The number of hydrogen-bond donors (Lipinski definition) is 2. The van der Waals surface area contributed by atoms with Crippen molar-refractivity contribution >= 4 is 33.5 Å². The second-order valence-electron chi connectivity index (χ2n) is 4.05. The Morgan fingerprint density at radius 3 is 2.79 bits per heavy atom. The summed E-state index contributed by atoms with van der Waals surface area (Å²) in [5.41, 5.74) is 5.39. The van der Waals surface area contributed by atoms with E-state index in [1.165, 1.54) is 17.7 Å². The summed E-state index contributed by atoms with van der Waals surface area (Å²) in [5, 5.41) is 2.41. The minimum absolute atomic E-state index is 0.293. The Labute approximate surface area is 112 Å². The highest BCUT2D eigenvalue weighted by molar-refractivity contribution is 7.18. The number of nitrogens with zero attached hydrogens (tertiary/aromatic N) is 2. The van der Waals surface area contributed by atoms with Gasteiger partial charge in [-0.15, -0.1) is 11.3 Å². The summed E-state index contributed by atoms with van der Waals surface area (Å²) in [6, 6.07) is -0.949. The number of carbonyl (C=O) groups excluding carboxylic acids is 2. The molecular formula is C11H12N4O3S. The van der Waals surface area contributed by atoms with Crippen LogP contribution in [0.1, 0.15) is 10.4 Å². The van der Waals surface area contributed by atoms with Crippen molar-refractivity contribution in [2.75, 3.05) is 0 Å². The van der Waals surface area contributed by atoms with Crippen molar-refractivity contribution in [1.29, 1.82) is 0 Å². The second-order valence-corrected chi connectivity index (χ2v) is 5.26. The SMILES string of the molecule is Cc1sc2ncn(CC(=O)NC(N)=O)c(=O)c2c1C. The molecule has 0 aliphatic heterocycles. The standard InChI is InChI=1S/C11H12N4O3S/c1-5-6(2)19-9-8(5)10(17)15(4-13-9)3-7(16)14-11(12)18/h4H,3H2,1-2H3,(H3,12,14,16,18). The number of aromatic nitrogens is 2. The molecule has 0 bridgehead atoms. The van der Waals surface area contributed by atoms with E-state index < -0.39 is 11.9 Å². The molecular weight excluding hydrogens is 268 g/mol. The van der Waals surface area contributed by atoms with Crippen molar-refractivity contribution in [2.24, 2.45) is 5.73 Å². The first-order valence-electron chi connectivity index (χ1n) is 5.44. The van der Waals surface area contributed by atoms with Gasteiger partial charge in [0.25, 0.3) is 5.56 Å². The average Bonchev–Trinajstić information content (AvgIpc) is 2.59. The van der Waals surface area contributed by atoms with E-state index in [4.69, 9.17) is 5.73 Å². The molecule has 3 N–H and O–H groups in total. The number of nitrogens with one attached hydrogen (secondary N) is 1. The summed E-state index contributed by atoms with van der Waals surface area (Å²) in [6.07, 6.45) is 1.29. The summed E-state index contributed by atoms with van der Waals surface area (Å²) in [5.74, 6) is -0.652. The van der Waals surface area contributed by atoms with Gasteiger partial charge in [0.05, 0.1) is 11.7 Å². The van der Waals surface area contributed by atoms with Crippen LogP contribution in [0.2, 0.25) is 0 Å². The Morgan fingerprint density at radius 1 is 1.47 bits per heavy atom. The molecule has 0 fully saturated rings. The van der Waals surface area contributed by atoms with Gasteiger partial charge in [-0.1, -0.05) is 0 Å². The van der Waals surface area contributed by atoms with Crippen LogP contribution in [0.25, 0.3) is 10.2 Å². The van der Waals surface area contributed by atoms with Gasteiger partial charge in [0.1, 0.15) is 11.4 Å². The number of carbonyl (C=O) groups is 2. The van der Waals surface area contributed by atoms with Crippen molar-refractivity contribution in [2.45, 2.75) is 20.4 Å². The molecule has 100 valence electrons. The maximum absolute atomic E-state index is 12.2. The van der Waals surface area contributed by atoms with E-state index >= 15 is 0 Å². The van der Waals surface area contributed by atoms with Crippen LogP contribution in [0.5, 0.6) is 0 Å². The molecule has 0 aliphatic rings. The normalized spacial score (nSPS) is 10.6. The quantitative estimate of drug-likeness (QED) is 0.823. The highest BCUT2D eigenvalue weighted by Gasteiger charge is 2.14. The third-order valence-electron chi connectivity index (χ3n) is 2.73. The number of thiophene rings is 1. The van der Waals surface area contributed by atoms with Crippen molar-refractivity contribution in [3.05, 3.63) is 27.1 Å². The lowest BCUT2D eigenvalue weighted by Gasteiger charge is -2.04. The topological polar surface area (TPSA) is 107 Å². The number of rotatable bonds is 2.